The number of carbonyl (C=O) groups excluding carboxylic acids is 1. The molecule has 1 unspecified atom stereocenters. The van der Waals surface area contributed by atoms with Crippen molar-refractivity contribution in [1.29, 1.82) is 0 Å². The second-order valence-electron chi connectivity index (χ2n) is 6.04. The Hall–Kier alpha value is -2.66. The number of nitrogens with zero attached hydrogens (tertiary/aromatic N) is 1. The third kappa shape index (κ3) is 3.72. The maximum atomic E-state index is 13.0. The van der Waals surface area contributed by atoms with Crippen LogP contribution in [0, 0.1) is 0 Å². The number of rotatable bonds is 5. The maximum absolute atomic E-state index is 13.0. The number of hydrogen-bond acceptors (Lipinski definition) is 3. The van der Waals surface area contributed by atoms with Gasteiger partial charge in [0, 0.05) is 19.7 Å². The molecule has 3 rings (SSSR count). The molecule has 2 aromatic rings. The summed E-state index contributed by atoms with van der Waals surface area (Å²) in [4.78, 5) is 25.9. The Labute approximate surface area is 146 Å². The van der Waals surface area contributed by atoms with Crippen LogP contribution in [0.5, 0.6) is 0 Å². The van der Waals surface area contributed by atoms with Gasteiger partial charge in [-0.05, 0) is 42.2 Å². The molecule has 0 saturated heterocycles. The van der Waals surface area contributed by atoms with Gasteiger partial charge in [-0.3, -0.25) is 4.79 Å². The minimum absolute atomic E-state index is 0.0839. The summed E-state index contributed by atoms with van der Waals surface area (Å²) in [5.74, 6) is -1.04. The monoisotopic (exact) mass is 339 g/mol. The van der Waals surface area contributed by atoms with Gasteiger partial charge in [-0.25, -0.2) is 4.79 Å². The van der Waals surface area contributed by atoms with E-state index in [0.717, 1.165) is 16.7 Å². The Balaban J connectivity index is 1.83. The predicted molar refractivity (Wildman–Crippen MR) is 93.3 cm³/mol. The van der Waals surface area contributed by atoms with E-state index in [2.05, 4.69) is 0 Å². The lowest BCUT2D eigenvalue weighted by Gasteiger charge is -2.32. The zero-order valence-corrected chi connectivity index (χ0v) is 14.1. The van der Waals surface area contributed by atoms with E-state index in [-0.39, 0.29) is 11.5 Å². The summed E-state index contributed by atoms with van der Waals surface area (Å²) in [6, 6.07) is 14.6. The number of hydrogen-bond donors (Lipinski definition) is 1. The minimum Gasteiger partial charge on any atom is -0.478 e. The number of carbonyl (C=O) groups is 2. The number of carboxylic acid groups (broad SMARTS) is 1. The zero-order chi connectivity index (χ0) is 17.8. The number of carboxylic acids is 1. The summed E-state index contributed by atoms with van der Waals surface area (Å²) in [7, 11) is 0. The van der Waals surface area contributed by atoms with Crippen LogP contribution in [0.1, 0.15) is 40.1 Å². The second kappa shape index (κ2) is 7.49. The van der Waals surface area contributed by atoms with Crippen LogP contribution in [-0.2, 0) is 22.5 Å². The summed E-state index contributed by atoms with van der Waals surface area (Å²) in [6.45, 7) is 3.33. The molecule has 1 heterocycles. The van der Waals surface area contributed by atoms with Crippen molar-refractivity contribution in [1.82, 2.24) is 4.90 Å². The van der Waals surface area contributed by atoms with Gasteiger partial charge < -0.3 is 14.7 Å². The first-order chi connectivity index (χ1) is 12.1. The number of aromatic carboxylic acids is 1. The molecule has 5 nitrogen and oxygen atoms in total. The highest BCUT2D eigenvalue weighted by Gasteiger charge is 2.29. The van der Waals surface area contributed by atoms with Crippen LogP contribution in [0.25, 0.3) is 0 Å². The molecule has 1 atom stereocenters. The molecule has 2 aromatic carbocycles. The fraction of sp³-hybridized carbons (Fsp3) is 0.300. The zero-order valence-electron chi connectivity index (χ0n) is 14.1. The standard InChI is InChI=1S/C20H21NO4/c1-2-25-18(15-6-4-3-5-7-15)19(22)21-11-10-14-8-9-16(20(23)24)12-17(14)13-21/h3-9,12,18H,2,10-11,13H2,1H3,(H,23,24). The molecule has 0 bridgehead atoms. The van der Waals surface area contributed by atoms with Crippen molar-refractivity contribution in [3.8, 4) is 0 Å². The van der Waals surface area contributed by atoms with Gasteiger partial charge in [0.1, 0.15) is 0 Å². The average molecular weight is 339 g/mol. The molecule has 0 aromatic heterocycles. The lowest BCUT2D eigenvalue weighted by atomic mass is 9.96. The van der Waals surface area contributed by atoms with E-state index in [4.69, 9.17) is 9.84 Å². The molecule has 1 aliphatic heterocycles. The Morgan fingerprint density at radius 1 is 1.16 bits per heavy atom. The molecule has 130 valence electrons. The van der Waals surface area contributed by atoms with Crippen molar-refractivity contribution in [2.45, 2.75) is 26.0 Å². The van der Waals surface area contributed by atoms with Crippen LogP contribution in [0.15, 0.2) is 48.5 Å². The normalized spacial score (nSPS) is 14.7. The third-order valence-corrected chi connectivity index (χ3v) is 4.44. The van der Waals surface area contributed by atoms with E-state index in [1.54, 1.807) is 17.0 Å². The summed E-state index contributed by atoms with van der Waals surface area (Å²) in [6.07, 6.45) is 0.0876. The van der Waals surface area contributed by atoms with E-state index < -0.39 is 12.1 Å². The Morgan fingerprint density at radius 3 is 2.60 bits per heavy atom. The summed E-state index contributed by atoms with van der Waals surface area (Å²) in [5.41, 5.74) is 3.07. The molecule has 0 fully saturated rings. The first-order valence-electron chi connectivity index (χ1n) is 8.40. The highest BCUT2D eigenvalue weighted by atomic mass is 16.5. The van der Waals surface area contributed by atoms with Crippen molar-refractivity contribution in [3.05, 3.63) is 70.8 Å². The Kier molecular flexibility index (Phi) is 5.14. The topological polar surface area (TPSA) is 66.8 Å². The highest BCUT2D eigenvalue weighted by molar-refractivity contribution is 5.88. The largest absolute Gasteiger partial charge is 0.478 e. The molecule has 1 amide bonds. The number of benzene rings is 2. The van der Waals surface area contributed by atoms with Gasteiger partial charge in [-0.2, -0.15) is 0 Å². The molecule has 0 saturated carbocycles. The van der Waals surface area contributed by atoms with Crippen molar-refractivity contribution in [3.63, 3.8) is 0 Å². The van der Waals surface area contributed by atoms with Gasteiger partial charge in [0.25, 0.3) is 5.91 Å². The van der Waals surface area contributed by atoms with Gasteiger partial charge in [-0.1, -0.05) is 36.4 Å². The number of amides is 1. The van der Waals surface area contributed by atoms with Crippen LogP contribution < -0.4 is 0 Å². The number of ether oxygens (including phenoxy) is 1. The van der Waals surface area contributed by atoms with Crippen molar-refractivity contribution in [2.24, 2.45) is 0 Å². The van der Waals surface area contributed by atoms with E-state index in [1.807, 2.05) is 43.3 Å². The van der Waals surface area contributed by atoms with Gasteiger partial charge in [0.2, 0.25) is 0 Å². The number of fused-ring (bicyclic) bond motifs is 1. The Bertz CT molecular complexity index is 773. The van der Waals surface area contributed by atoms with Gasteiger partial charge in [0.05, 0.1) is 5.56 Å². The molecule has 5 heteroatoms. The molecule has 1 aliphatic rings. The smallest absolute Gasteiger partial charge is 0.335 e. The highest BCUT2D eigenvalue weighted by Crippen LogP contribution is 2.26. The second-order valence-corrected chi connectivity index (χ2v) is 6.04. The molecular weight excluding hydrogens is 318 g/mol. The van der Waals surface area contributed by atoms with Crippen molar-refractivity contribution >= 4 is 11.9 Å². The van der Waals surface area contributed by atoms with Crippen LogP contribution in [-0.4, -0.2) is 35.0 Å². The average Bonchev–Trinajstić information content (AvgIpc) is 2.65. The molecule has 25 heavy (non-hydrogen) atoms. The minimum atomic E-state index is -0.956. The van der Waals surface area contributed by atoms with Crippen LogP contribution in [0.3, 0.4) is 0 Å². The van der Waals surface area contributed by atoms with Gasteiger partial charge in [0.15, 0.2) is 6.10 Å². The fourth-order valence-corrected chi connectivity index (χ4v) is 3.15. The van der Waals surface area contributed by atoms with Crippen molar-refractivity contribution in [2.75, 3.05) is 13.2 Å². The molecular formula is C20H21NO4. The quantitative estimate of drug-likeness (QED) is 0.909. The SMILES string of the molecule is CCOC(C(=O)N1CCc2ccc(C(=O)O)cc2C1)c1ccccc1. The summed E-state index contributed by atoms with van der Waals surface area (Å²) in [5, 5.41) is 9.17. The first kappa shape index (κ1) is 17.2. The molecule has 0 spiro atoms. The van der Waals surface area contributed by atoms with E-state index in [0.29, 0.717) is 26.1 Å². The summed E-state index contributed by atoms with van der Waals surface area (Å²) < 4.78 is 5.71. The van der Waals surface area contributed by atoms with Gasteiger partial charge in [-0.15, -0.1) is 0 Å². The first-order valence-corrected chi connectivity index (χ1v) is 8.40. The summed E-state index contributed by atoms with van der Waals surface area (Å²) >= 11 is 0. The third-order valence-electron chi connectivity index (χ3n) is 4.44. The lowest BCUT2D eigenvalue weighted by molar-refractivity contribution is -0.145. The van der Waals surface area contributed by atoms with E-state index in [9.17, 15) is 9.59 Å². The van der Waals surface area contributed by atoms with Crippen LogP contribution >= 0.6 is 0 Å². The van der Waals surface area contributed by atoms with Crippen LogP contribution in [0.4, 0.5) is 0 Å². The molecule has 0 aliphatic carbocycles. The van der Waals surface area contributed by atoms with E-state index in [1.165, 1.54) is 0 Å². The van der Waals surface area contributed by atoms with Gasteiger partial charge >= 0.3 is 5.97 Å². The predicted octanol–water partition coefficient (Wildman–Crippen LogP) is 3.05. The lowest BCUT2D eigenvalue weighted by Crippen LogP contribution is -2.39. The molecule has 1 N–H and O–H groups in total. The Morgan fingerprint density at radius 2 is 1.92 bits per heavy atom. The van der Waals surface area contributed by atoms with Crippen molar-refractivity contribution < 1.29 is 19.4 Å². The van der Waals surface area contributed by atoms with E-state index >= 15 is 0 Å². The molecule has 0 radical (unpaired) electrons. The maximum Gasteiger partial charge on any atom is 0.335 e. The fourth-order valence-electron chi connectivity index (χ4n) is 3.15. The van der Waals surface area contributed by atoms with Crippen LogP contribution in [0.2, 0.25) is 0 Å².